The van der Waals surface area contributed by atoms with Crippen LogP contribution in [-0.2, 0) is 14.2 Å². The quantitative estimate of drug-likeness (QED) is 0.567. The first-order valence-electron chi connectivity index (χ1n) is 4.04. The summed E-state index contributed by atoms with van der Waals surface area (Å²) in [5, 5.41) is 0. The molecule has 0 heterocycles. The van der Waals surface area contributed by atoms with Gasteiger partial charge >= 0.3 is 0 Å². The molecule has 0 saturated carbocycles. The molecule has 0 amide bonds. The molecule has 3 heteroatoms. The van der Waals surface area contributed by atoms with Gasteiger partial charge in [-0.1, -0.05) is 0 Å². The number of hydrogen-bond donors (Lipinski definition) is 0. The van der Waals surface area contributed by atoms with Crippen LogP contribution in [0.1, 0.15) is 20.8 Å². The molecule has 0 aromatic carbocycles. The van der Waals surface area contributed by atoms with Crippen LogP contribution in [0.25, 0.3) is 0 Å². The van der Waals surface area contributed by atoms with E-state index in [1.807, 2.05) is 20.8 Å². The van der Waals surface area contributed by atoms with Crippen LogP contribution >= 0.6 is 0 Å². The van der Waals surface area contributed by atoms with Gasteiger partial charge in [0.05, 0.1) is 0 Å². The smallest absolute Gasteiger partial charge is 0.250 e. The summed E-state index contributed by atoms with van der Waals surface area (Å²) in [7, 11) is 0. The van der Waals surface area contributed by atoms with E-state index in [9.17, 15) is 0 Å². The summed E-state index contributed by atoms with van der Waals surface area (Å²) in [4.78, 5) is 0. The van der Waals surface area contributed by atoms with Crippen LogP contribution in [0.3, 0.4) is 0 Å². The van der Waals surface area contributed by atoms with Gasteiger partial charge in [0.1, 0.15) is 6.61 Å². The highest BCUT2D eigenvalue weighted by molar-refractivity contribution is 4.62. The third kappa shape index (κ3) is 6.28. The van der Waals surface area contributed by atoms with E-state index in [4.69, 9.17) is 14.2 Å². The Morgan fingerprint density at radius 1 is 0.909 bits per heavy atom. The van der Waals surface area contributed by atoms with E-state index in [0.29, 0.717) is 32.7 Å². The minimum absolute atomic E-state index is 0.443. The van der Waals surface area contributed by atoms with Crippen molar-refractivity contribution < 1.29 is 14.2 Å². The van der Waals surface area contributed by atoms with Crippen LogP contribution in [-0.4, -0.2) is 26.4 Å². The van der Waals surface area contributed by atoms with Crippen LogP contribution in [0.4, 0.5) is 0 Å². The number of hydrogen-bond acceptors (Lipinski definition) is 3. The molecule has 0 rings (SSSR count). The lowest BCUT2D eigenvalue weighted by Crippen LogP contribution is -2.14. The molecule has 0 atom stereocenters. The van der Waals surface area contributed by atoms with Gasteiger partial charge in [-0.3, -0.25) is 0 Å². The highest BCUT2D eigenvalue weighted by atomic mass is 16.7. The fourth-order valence-electron chi connectivity index (χ4n) is 0.632. The molecule has 3 nitrogen and oxygen atoms in total. The molecule has 0 aliphatic carbocycles. The highest BCUT2D eigenvalue weighted by Gasteiger charge is 2.08. The maximum Gasteiger partial charge on any atom is 0.250 e. The van der Waals surface area contributed by atoms with E-state index >= 15 is 0 Å². The van der Waals surface area contributed by atoms with Crippen LogP contribution < -0.4 is 0 Å². The lowest BCUT2D eigenvalue weighted by Gasteiger charge is -2.13. The number of rotatable bonds is 7. The van der Waals surface area contributed by atoms with Gasteiger partial charge in [0.15, 0.2) is 0 Å². The fraction of sp³-hybridized carbons (Fsp3) is 0.875. The van der Waals surface area contributed by atoms with Crippen LogP contribution in [0, 0.1) is 6.29 Å². The molecule has 0 unspecified atom stereocenters. The van der Waals surface area contributed by atoms with Crippen LogP contribution in [0.2, 0.25) is 0 Å². The lowest BCUT2D eigenvalue weighted by atomic mass is 10.6. The summed E-state index contributed by atoms with van der Waals surface area (Å²) in [6, 6.07) is 0. The van der Waals surface area contributed by atoms with Crippen molar-refractivity contribution in [2.24, 2.45) is 0 Å². The largest absolute Gasteiger partial charge is 0.376 e. The Labute approximate surface area is 68.6 Å². The molecule has 0 spiro atoms. The van der Waals surface area contributed by atoms with Crippen molar-refractivity contribution in [2.75, 3.05) is 26.4 Å². The summed E-state index contributed by atoms with van der Waals surface area (Å²) in [6.07, 6.45) is 0.580. The molecule has 0 aliphatic rings. The molecule has 0 fully saturated rings. The van der Waals surface area contributed by atoms with Crippen LogP contribution in [0.15, 0.2) is 0 Å². The van der Waals surface area contributed by atoms with Crippen molar-refractivity contribution in [3.8, 4) is 0 Å². The Hall–Kier alpha value is -0.120. The second-order valence-corrected chi connectivity index (χ2v) is 1.88. The molecule has 0 aromatic heterocycles. The third-order valence-electron chi connectivity index (χ3n) is 1.03. The van der Waals surface area contributed by atoms with E-state index in [1.54, 1.807) is 0 Å². The van der Waals surface area contributed by atoms with Crippen molar-refractivity contribution in [1.29, 1.82) is 0 Å². The summed E-state index contributed by atoms with van der Waals surface area (Å²) in [5.74, 6) is 0. The average Bonchev–Trinajstić information content (AvgIpc) is 2.01. The van der Waals surface area contributed by atoms with Gasteiger partial charge in [-0.25, -0.2) is 0 Å². The molecular weight excluding hydrogens is 144 g/mol. The monoisotopic (exact) mass is 161 g/mol. The first kappa shape index (κ1) is 10.9. The molecule has 0 bridgehead atoms. The minimum atomic E-state index is 0.443. The van der Waals surface area contributed by atoms with E-state index in [2.05, 4.69) is 0 Å². The standard InChI is InChI=1S/C8H17O3/c1-4-9-7-8(10-5-2)11-6-3/h4-7H2,1-3H3. The van der Waals surface area contributed by atoms with Crippen molar-refractivity contribution >= 4 is 0 Å². The third-order valence-corrected chi connectivity index (χ3v) is 1.03. The maximum absolute atomic E-state index is 5.15. The van der Waals surface area contributed by atoms with Gasteiger partial charge in [-0.15, -0.1) is 0 Å². The van der Waals surface area contributed by atoms with Crippen molar-refractivity contribution in [3.63, 3.8) is 0 Å². The van der Waals surface area contributed by atoms with E-state index in [-0.39, 0.29) is 0 Å². The molecule has 0 aliphatic heterocycles. The normalized spacial score (nSPS) is 10.9. The molecule has 1 radical (unpaired) electrons. The Bertz CT molecular complexity index is 69.7. The summed E-state index contributed by atoms with van der Waals surface area (Å²) >= 11 is 0. The van der Waals surface area contributed by atoms with Crippen molar-refractivity contribution in [2.45, 2.75) is 20.8 Å². The molecule has 0 saturated heterocycles. The van der Waals surface area contributed by atoms with Crippen LogP contribution in [0.5, 0.6) is 0 Å². The molecular formula is C8H17O3. The zero-order chi connectivity index (χ0) is 8.53. The molecule has 67 valence electrons. The van der Waals surface area contributed by atoms with Gasteiger partial charge in [-0.2, -0.15) is 0 Å². The first-order chi connectivity index (χ1) is 5.35. The van der Waals surface area contributed by atoms with Gasteiger partial charge in [0.2, 0.25) is 6.29 Å². The predicted molar refractivity (Wildman–Crippen MR) is 43.0 cm³/mol. The van der Waals surface area contributed by atoms with Crippen molar-refractivity contribution in [1.82, 2.24) is 0 Å². The first-order valence-corrected chi connectivity index (χ1v) is 4.04. The minimum Gasteiger partial charge on any atom is -0.376 e. The van der Waals surface area contributed by atoms with E-state index in [1.165, 1.54) is 0 Å². The van der Waals surface area contributed by atoms with E-state index < -0.39 is 0 Å². The molecule has 11 heavy (non-hydrogen) atoms. The second kappa shape index (κ2) is 7.98. The highest BCUT2D eigenvalue weighted by Crippen LogP contribution is 2.04. The topological polar surface area (TPSA) is 27.7 Å². The van der Waals surface area contributed by atoms with E-state index in [0.717, 1.165) is 0 Å². The SMILES string of the molecule is CCOC[C](OCC)OCC. The second-order valence-electron chi connectivity index (χ2n) is 1.88. The fourth-order valence-corrected chi connectivity index (χ4v) is 0.632. The zero-order valence-corrected chi connectivity index (χ0v) is 7.55. The Morgan fingerprint density at radius 2 is 1.45 bits per heavy atom. The predicted octanol–water partition coefficient (Wildman–Crippen LogP) is 1.59. The molecule has 0 N–H and O–H groups in total. The zero-order valence-electron chi connectivity index (χ0n) is 7.55. The average molecular weight is 161 g/mol. The van der Waals surface area contributed by atoms with Gasteiger partial charge in [-0.05, 0) is 20.8 Å². The summed E-state index contributed by atoms with van der Waals surface area (Å²) < 4.78 is 15.4. The maximum atomic E-state index is 5.15. The van der Waals surface area contributed by atoms with Crippen molar-refractivity contribution in [3.05, 3.63) is 6.29 Å². The summed E-state index contributed by atoms with van der Waals surface area (Å²) in [5.41, 5.74) is 0. The van der Waals surface area contributed by atoms with Gasteiger partial charge < -0.3 is 14.2 Å². The lowest BCUT2D eigenvalue weighted by molar-refractivity contribution is -0.0766. The molecule has 0 aromatic rings. The number of ether oxygens (including phenoxy) is 3. The van der Waals surface area contributed by atoms with Gasteiger partial charge in [0.25, 0.3) is 0 Å². The Kier molecular flexibility index (Phi) is 7.89. The summed E-state index contributed by atoms with van der Waals surface area (Å²) in [6.45, 7) is 8.16. The van der Waals surface area contributed by atoms with Gasteiger partial charge in [0, 0.05) is 19.8 Å². The Morgan fingerprint density at radius 3 is 1.82 bits per heavy atom. The Balaban J connectivity index is 3.34.